The Morgan fingerprint density at radius 3 is 2.83 bits per heavy atom. The number of nitro groups is 1. The van der Waals surface area contributed by atoms with E-state index in [1.54, 1.807) is 36.7 Å². The van der Waals surface area contributed by atoms with Gasteiger partial charge in [0.2, 0.25) is 0 Å². The summed E-state index contributed by atoms with van der Waals surface area (Å²) >= 11 is 3.28. The number of hydrogen-bond acceptors (Lipinski definition) is 4. The molecule has 2 aromatic rings. The molecule has 6 heteroatoms. The van der Waals surface area contributed by atoms with Crippen molar-refractivity contribution in [3.05, 3.63) is 62.9 Å². The average Bonchev–Trinajstić information content (AvgIpc) is 2.38. The van der Waals surface area contributed by atoms with Crippen molar-refractivity contribution in [2.45, 2.75) is 0 Å². The van der Waals surface area contributed by atoms with Gasteiger partial charge in [0.25, 0.3) is 5.69 Å². The monoisotopic (exact) mass is 305 g/mol. The van der Waals surface area contributed by atoms with Crippen molar-refractivity contribution in [1.29, 1.82) is 0 Å². The quantitative estimate of drug-likeness (QED) is 0.495. The summed E-state index contributed by atoms with van der Waals surface area (Å²) in [5.41, 5.74) is 1.09. The van der Waals surface area contributed by atoms with Crippen molar-refractivity contribution in [2.75, 3.05) is 0 Å². The van der Waals surface area contributed by atoms with Crippen LogP contribution in [0, 0.1) is 10.1 Å². The molecule has 0 unspecified atom stereocenters. The van der Waals surface area contributed by atoms with Gasteiger partial charge in [0.1, 0.15) is 0 Å². The zero-order valence-corrected chi connectivity index (χ0v) is 10.7. The SMILES string of the molecule is O=[N+]([O-])c1cccc(Br)c1C=Nc1cccnc1. The van der Waals surface area contributed by atoms with E-state index in [2.05, 4.69) is 25.9 Å². The van der Waals surface area contributed by atoms with Crippen molar-refractivity contribution >= 4 is 33.5 Å². The molecule has 18 heavy (non-hydrogen) atoms. The fraction of sp³-hybridized carbons (Fsp3) is 0. The molecule has 0 radical (unpaired) electrons. The van der Waals surface area contributed by atoms with Crippen molar-refractivity contribution in [1.82, 2.24) is 4.98 Å². The number of rotatable bonds is 3. The zero-order chi connectivity index (χ0) is 13.0. The molecule has 0 bridgehead atoms. The minimum absolute atomic E-state index is 0.0111. The fourth-order valence-corrected chi connectivity index (χ4v) is 1.84. The summed E-state index contributed by atoms with van der Waals surface area (Å²) in [7, 11) is 0. The minimum atomic E-state index is -0.435. The molecule has 0 saturated heterocycles. The van der Waals surface area contributed by atoms with E-state index in [1.807, 2.05) is 0 Å². The molecular formula is C12H8BrN3O2. The second kappa shape index (κ2) is 5.50. The third-order valence-corrected chi connectivity index (χ3v) is 2.91. The maximum absolute atomic E-state index is 10.9. The van der Waals surface area contributed by atoms with Crippen LogP contribution in [0.2, 0.25) is 0 Å². The lowest BCUT2D eigenvalue weighted by atomic mass is 10.2. The lowest BCUT2D eigenvalue weighted by molar-refractivity contribution is -0.385. The van der Waals surface area contributed by atoms with Gasteiger partial charge in [0.15, 0.2) is 0 Å². The van der Waals surface area contributed by atoms with Gasteiger partial charge in [-0.25, -0.2) is 0 Å². The standard InChI is InChI=1S/C12H8BrN3O2/c13-11-4-1-5-12(16(17)18)10(11)8-15-9-3-2-6-14-7-9/h1-8H. The van der Waals surface area contributed by atoms with Crippen molar-refractivity contribution in [3.63, 3.8) is 0 Å². The summed E-state index contributed by atoms with van der Waals surface area (Å²) in [5.74, 6) is 0. The molecule has 0 aliphatic carbocycles. The van der Waals surface area contributed by atoms with Crippen LogP contribution in [0.1, 0.15) is 5.56 Å². The number of nitrogens with zero attached hydrogens (tertiary/aromatic N) is 3. The summed E-state index contributed by atoms with van der Waals surface area (Å²) in [6.07, 6.45) is 4.68. The van der Waals surface area contributed by atoms with Gasteiger partial charge in [-0.1, -0.05) is 6.07 Å². The molecule has 90 valence electrons. The lowest BCUT2D eigenvalue weighted by Crippen LogP contribution is -1.95. The van der Waals surface area contributed by atoms with Gasteiger partial charge in [-0.15, -0.1) is 0 Å². The molecule has 0 saturated carbocycles. The minimum Gasteiger partial charge on any atom is -0.262 e. The first-order valence-corrected chi connectivity index (χ1v) is 5.85. The topological polar surface area (TPSA) is 68.4 Å². The van der Waals surface area contributed by atoms with Crippen LogP contribution in [0.5, 0.6) is 0 Å². The Morgan fingerprint density at radius 1 is 1.33 bits per heavy atom. The number of nitro benzene ring substituents is 1. The van der Waals surface area contributed by atoms with Crippen LogP contribution in [0.4, 0.5) is 11.4 Å². The van der Waals surface area contributed by atoms with E-state index in [-0.39, 0.29) is 5.69 Å². The molecule has 1 heterocycles. The van der Waals surface area contributed by atoms with E-state index >= 15 is 0 Å². The van der Waals surface area contributed by atoms with Gasteiger partial charge in [0, 0.05) is 23.0 Å². The Morgan fingerprint density at radius 2 is 2.17 bits per heavy atom. The molecule has 1 aromatic heterocycles. The van der Waals surface area contributed by atoms with Gasteiger partial charge in [-0.05, 0) is 34.1 Å². The van der Waals surface area contributed by atoms with Crippen LogP contribution in [-0.2, 0) is 0 Å². The molecule has 0 aliphatic rings. The highest BCUT2D eigenvalue weighted by Gasteiger charge is 2.14. The second-order valence-electron chi connectivity index (χ2n) is 3.40. The molecule has 0 fully saturated rings. The average molecular weight is 306 g/mol. The molecule has 0 aliphatic heterocycles. The highest BCUT2D eigenvalue weighted by molar-refractivity contribution is 9.10. The lowest BCUT2D eigenvalue weighted by Gasteiger charge is -1.99. The molecule has 0 amide bonds. The smallest absolute Gasteiger partial charge is 0.262 e. The largest absolute Gasteiger partial charge is 0.279 e. The number of halogens is 1. The van der Waals surface area contributed by atoms with Crippen LogP contribution in [-0.4, -0.2) is 16.1 Å². The molecule has 2 rings (SSSR count). The van der Waals surface area contributed by atoms with Gasteiger partial charge in [0.05, 0.1) is 22.4 Å². The van der Waals surface area contributed by atoms with Crippen LogP contribution in [0.25, 0.3) is 0 Å². The predicted octanol–water partition coefficient (Wildman–Crippen LogP) is 3.50. The summed E-state index contributed by atoms with van der Waals surface area (Å²) in [6, 6.07) is 8.31. The Labute approximate surface area is 111 Å². The van der Waals surface area contributed by atoms with Crippen molar-refractivity contribution in [2.24, 2.45) is 4.99 Å². The first-order chi connectivity index (χ1) is 8.68. The van der Waals surface area contributed by atoms with Gasteiger partial charge >= 0.3 is 0 Å². The van der Waals surface area contributed by atoms with Crippen LogP contribution < -0.4 is 0 Å². The number of hydrogen-bond donors (Lipinski definition) is 0. The van der Waals surface area contributed by atoms with Crippen molar-refractivity contribution in [3.8, 4) is 0 Å². The first kappa shape index (κ1) is 12.4. The number of pyridine rings is 1. The van der Waals surface area contributed by atoms with Gasteiger partial charge in [-0.3, -0.25) is 20.1 Å². The highest BCUT2D eigenvalue weighted by Crippen LogP contribution is 2.25. The predicted molar refractivity (Wildman–Crippen MR) is 72.3 cm³/mol. The zero-order valence-electron chi connectivity index (χ0n) is 9.15. The molecule has 1 aromatic carbocycles. The molecule has 5 nitrogen and oxygen atoms in total. The second-order valence-corrected chi connectivity index (χ2v) is 4.25. The van der Waals surface area contributed by atoms with E-state index in [9.17, 15) is 10.1 Å². The Hall–Kier alpha value is -2.08. The number of benzene rings is 1. The maximum atomic E-state index is 10.9. The van der Waals surface area contributed by atoms with Gasteiger partial charge < -0.3 is 0 Å². The number of aliphatic imine (C=N–C) groups is 1. The normalized spacial score (nSPS) is 10.7. The Bertz CT molecular complexity index is 600. The Kier molecular flexibility index (Phi) is 3.78. The van der Waals surface area contributed by atoms with Crippen LogP contribution in [0.3, 0.4) is 0 Å². The molecular weight excluding hydrogens is 298 g/mol. The van der Waals surface area contributed by atoms with Crippen LogP contribution >= 0.6 is 15.9 Å². The summed E-state index contributed by atoms with van der Waals surface area (Å²) < 4.78 is 0.629. The van der Waals surface area contributed by atoms with Crippen LogP contribution in [0.15, 0.2) is 52.2 Å². The van der Waals surface area contributed by atoms with E-state index in [0.717, 1.165) is 0 Å². The summed E-state index contributed by atoms with van der Waals surface area (Å²) in [6.45, 7) is 0. The molecule has 0 atom stereocenters. The first-order valence-electron chi connectivity index (χ1n) is 5.05. The van der Waals surface area contributed by atoms with E-state index in [4.69, 9.17) is 0 Å². The van der Waals surface area contributed by atoms with E-state index in [1.165, 1.54) is 12.3 Å². The molecule has 0 spiro atoms. The third kappa shape index (κ3) is 2.78. The van der Waals surface area contributed by atoms with E-state index < -0.39 is 4.92 Å². The third-order valence-electron chi connectivity index (χ3n) is 2.22. The summed E-state index contributed by atoms with van der Waals surface area (Å²) in [5, 5.41) is 10.9. The highest BCUT2D eigenvalue weighted by atomic mass is 79.9. The number of aromatic nitrogens is 1. The van der Waals surface area contributed by atoms with E-state index in [0.29, 0.717) is 15.7 Å². The fourth-order valence-electron chi connectivity index (χ4n) is 1.38. The Balaban J connectivity index is 2.40. The molecule has 0 N–H and O–H groups in total. The maximum Gasteiger partial charge on any atom is 0.279 e. The van der Waals surface area contributed by atoms with Crippen molar-refractivity contribution < 1.29 is 4.92 Å². The van der Waals surface area contributed by atoms with Gasteiger partial charge in [-0.2, -0.15) is 0 Å². The summed E-state index contributed by atoms with van der Waals surface area (Å²) in [4.78, 5) is 18.5.